The number of thioether (sulfide) groups is 1. The molecular formula is C12H9NO3S. The summed E-state index contributed by atoms with van der Waals surface area (Å²) >= 11 is 1.60. The fraction of sp³-hybridized carbons (Fsp3) is 0.167. The fourth-order valence-electron chi connectivity index (χ4n) is 2.15. The van der Waals surface area contributed by atoms with Crippen molar-refractivity contribution >= 4 is 29.3 Å². The first-order valence-corrected chi connectivity index (χ1v) is 6.11. The topological polar surface area (TPSA) is 66.4 Å². The minimum atomic E-state index is -0.985. The first kappa shape index (κ1) is 10.4. The molecule has 2 N–H and O–H groups in total. The van der Waals surface area contributed by atoms with Crippen molar-refractivity contribution < 1.29 is 14.7 Å². The molecule has 86 valence electrons. The highest BCUT2D eigenvalue weighted by Gasteiger charge is 2.37. The lowest BCUT2D eigenvalue weighted by Gasteiger charge is -2.27. The van der Waals surface area contributed by atoms with Crippen molar-refractivity contribution in [3.05, 3.63) is 40.8 Å². The Morgan fingerprint density at radius 2 is 2.24 bits per heavy atom. The summed E-state index contributed by atoms with van der Waals surface area (Å²) in [5.41, 5.74) is 1.81. The first-order valence-electron chi connectivity index (χ1n) is 5.17. The SMILES string of the molecule is O=C(O)c1ccc2c(c1)NC(=O)C1C=CSC21. The molecule has 1 aromatic rings. The third kappa shape index (κ3) is 1.54. The predicted octanol–water partition coefficient (Wildman–Crippen LogP) is 2.25. The lowest BCUT2D eigenvalue weighted by molar-refractivity contribution is -0.118. The average molecular weight is 247 g/mol. The molecule has 1 amide bonds. The van der Waals surface area contributed by atoms with Crippen molar-refractivity contribution in [2.24, 2.45) is 5.92 Å². The quantitative estimate of drug-likeness (QED) is 0.798. The van der Waals surface area contributed by atoms with E-state index in [0.717, 1.165) is 5.56 Å². The minimum absolute atomic E-state index is 0.0636. The van der Waals surface area contributed by atoms with Crippen LogP contribution in [0.15, 0.2) is 29.7 Å². The number of carbonyl (C=O) groups is 2. The molecule has 0 aromatic heterocycles. The van der Waals surface area contributed by atoms with Gasteiger partial charge >= 0.3 is 5.97 Å². The van der Waals surface area contributed by atoms with Crippen LogP contribution in [0.4, 0.5) is 5.69 Å². The molecule has 0 fully saturated rings. The van der Waals surface area contributed by atoms with E-state index in [1.807, 2.05) is 11.5 Å². The van der Waals surface area contributed by atoms with Gasteiger partial charge in [0.25, 0.3) is 0 Å². The highest BCUT2D eigenvalue weighted by molar-refractivity contribution is 8.02. The van der Waals surface area contributed by atoms with Gasteiger partial charge < -0.3 is 10.4 Å². The monoisotopic (exact) mass is 247 g/mol. The second-order valence-corrected chi connectivity index (χ2v) is 5.06. The van der Waals surface area contributed by atoms with E-state index in [0.29, 0.717) is 5.69 Å². The summed E-state index contributed by atoms with van der Waals surface area (Å²) in [6.07, 6.45) is 1.89. The number of nitrogens with one attached hydrogen (secondary N) is 1. The Morgan fingerprint density at radius 3 is 3.00 bits per heavy atom. The third-order valence-electron chi connectivity index (χ3n) is 3.00. The van der Waals surface area contributed by atoms with Gasteiger partial charge in [-0.1, -0.05) is 12.1 Å². The molecule has 1 aromatic carbocycles. The Morgan fingerprint density at radius 1 is 1.41 bits per heavy atom. The van der Waals surface area contributed by atoms with Crippen molar-refractivity contribution in [1.82, 2.24) is 0 Å². The smallest absolute Gasteiger partial charge is 0.335 e. The maximum absolute atomic E-state index is 11.8. The summed E-state index contributed by atoms with van der Waals surface area (Å²) in [7, 11) is 0. The molecule has 0 bridgehead atoms. The van der Waals surface area contributed by atoms with Gasteiger partial charge in [0, 0.05) is 5.69 Å². The number of anilines is 1. The number of rotatable bonds is 1. The number of benzene rings is 1. The molecule has 2 heterocycles. The van der Waals surface area contributed by atoms with E-state index in [1.54, 1.807) is 23.9 Å². The van der Waals surface area contributed by atoms with Crippen molar-refractivity contribution in [3.63, 3.8) is 0 Å². The van der Waals surface area contributed by atoms with Crippen LogP contribution >= 0.6 is 11.8 Å². The van der Waals surface area contributed by atoms with E-state index in [1.165, 1.54) is 6.07 Å². The highest BCUT2D eigenvalue weighted by atomic mass is 32.2. The number of carbonyl (C=O) groups excluding carboxylic acids is 1. The van der Waals surface area contributed by atoms with E-state index in [9.17, 15) is 9.59 Å². The summed E-state index contributed by atoms with van der Waals surface area (Å²) in [4.78, 5) is 22.7. The molecule has 2 atom stereocenters. The molecule has 3 rings (SSSR count). The zero-order valence-corrected chi connectivity index (χ0v) is 9.53. The number of fused-ring (bicyclic) bond motifs is 3. The van der Waals surface area contributed by atoms with Gasteiger partial charge in [-0.2, -0.15) is 0 Å². The standard InChI is InChI=1S/C12H9NO3S/c14-11-8-3-4-17-10(8)7-2-1-6(12(15)16)5-9(7)13-11/h1-5,8,10H,(H,13,14)(H,15,16). The zero-order chi connectivity index (χ0) is 12.0. The lowest BCUT2D eigenvalue weighted by atomic mass is 9.92. The Bertz CT molecular complexity index is 553. The average Bonchev–Trinajstić information content (AvgIpc) is 2.78. The molecule has 0 radical (unpaired) electrons. The van der Waals surface area contributed by atoms with Crippen LogP contribution in [0.5, 0.6) is 0 Å². The molecule has 2 aliphatic rings. The summed E-state index contributed by atoms with van der Waals surface area (Å²) in [5, 5.41) is 13.7. The summed E-state index contributed by atoms with van der Waals surface area (Å²) in [6.45, 7) is 0. The van der Waals surface area contributed by atoms with E-state index >= 15 is 0 Å². The number of hydrogen-bond acceptors (Lipinski definition) is 3. The Labute approximate surface area is 102 Å². The molecule has 0 aliphatic carbocycles. The van der Waals surface area contributed by atoms with Crippen LogP contribution in [0, 0.1) is 5.92 Å². The van der Waals surface area contributed by atoms with Gasteiger partial charge in [-0.3, -0.25) is 4.79 Å². The third-order valence-corrected chi connectivity index (χ3v) is 4.16. The van der Waals surface area contributed by atoms with Crippen molar-refractivity contribution in [3.8, 4) is 0 Å². The summed E-state index contributed by atoms with van der Waals surface area (Å²) in [6, 6.07) is 4.88. The number of hydrogen-bond donors (Lipinski definition) is 2. The van der Waals surface area contributed by atoms with Crippen LogP contribution in [0.2, 0.25) is 0 Å². The largest absolute Gasteiger partial charge is 0.478 e. The van der Waals surface area contributed by atoms with Gasteiger partial charge in [-0.25, -0.2) is 4.79 Å². The first-order chi connectivity index (χ1) is 8.16. The number of amides is 1. The van der Waals surface area contributed by atoms with Crippen LogP contribution in [-0.4, -0.2) is 17.0 Å². The molecule has 0 spiro atoms. The Kier molecular flexibility index (Phi) is 2.22. The van der Waals surface area contributed by atoms with Gasteiger partial charge in [0.15, 0.2) is 0 Å². The molecule has 17 heavy (non-hydrogen) atoms. The molecular weight excluding hydrogens is 238 g/mol. The van der Waals surface area contributed by atoms with E-state index in [-0.39, 0.29) is 22.6 Å². The maximum Gasteiger partial charge on any atom is 0.335 e. The van der Waals surface area contributed by atoms with E-state index < -0.39 is 5.97 Å². The predicted molar refractivity (Wildman–Crippen MR) is 65.0 cm³/mol. The highest BCUT2D eigenvalue weighted by Crippen LogP contribution is 2.48. The van der Waals surface area contributed by atoms with Gasteiger partial charge in [-0.15, -0.1) is 11.8 Å². The Balaban J connectivity index is 2.08. The number of aromatic carboxylic acids is 1. The number of carboxylic acid groups (broad SMARTS) is 1. The van der Waals surface area contributed by atoms with Gasteiger partial charge in [0.1, 0.15) is 0 Å². The van der Waals surface area contributed by atoms with Gasteiger partial charge in [0.05, 0.1) is 16.7 Å². The number of carboxylic acids is 1. The molecule has 2 unspecified atom stereocenters. The van der Waals surface area contributed by atoms with Crippen LogP contribution in [0.3, 0.4) is 0 Å². The normalized spacial score (nSPS) is 25.1. The summed E-state index contributed by atoms with van der Waals surface area (Å²) < 4.78 is 0. The second-order valence-electron chi connectivity index (χ2n) is 4.01. The van der Waals surface area contributed by atoms with Crippen LogP contribution in [0.1, 0.15) is 21.2 Å². The molecule has 5 heteroatoms. The maximum atomic E-state index is 11.8. The van der Waals surface area contributed by atoms with Crippen molar-refractivity contribution in [2.45, 2.75) is 5.25 Å². The molecule has 0 saturated carbocycles. The molecule has 0 saturated heterocycles. The Hall–Kier alpha value is -1.75. The van der Waals surface area contributed by atoms with Crippen molar-refractivity contribution in [2.75, 3.05) is 5.32 Å². The van der Waals surface area contributed by atoms with Crippen molar-refractivity contribution in [1.29, 1.82) is 0 Å². The lowest BCUT2D eigenvalue weighted by Crippen LogP contribution is -2.29. The van der Waals surface area contributed by atoms with Crippen LogP contribution < -0.4 is 5.32 Å². The van der Waals surface area contributed by atoms with Gasteiger partial charge in [0.2, 0.25) is 5.91 Å². The van der Waals surface area contributed by atoms with Gasteiger partial charge in [-0.05, 0) is 23.1 Å². The molecule has 4 nitrogen and oxygen atoms in total. The minimum Gasteiger partial charge on any atom is -0.478 e. The zero-order valence-electron chi connectivity index (χ0n) is 8.71. The second kappa shape index (κ2) is 3.63. The summed E-state index contributed by atoms with van der Waals surface area (Å²) in [5.74, 6) is -1.18. The van der Waals surface area contributed by atoms with Crippen LogP contribution in [-0.2, 0) is 4.79 Å². The van der Waals surface area contributed by atoms with E-state index in [2.05, 4.69) is 5.32 Å². The van der Waals surface area contributed by atoms with E-state index in [4.69, 9.17) is 5.11 Å². The molecule has 2 aliphatic heterocycles. The van der Waals surface area contributed by atoms with Crippen LogP contribution in [0.25, 0.3) is 0 Å². The fourth-order valence-corrected chi connectivity index (χ4v) is 3.32.